The quantitative estimate of drug-likeness (QED) is 0.767. The van der Waals surface area contributed by atoms with Crippen LogP contribution in [0, 0.1) is 11.8 Å². The zero-order valence-corrected chi connectivity index (χ0v) is 18.2. The fourth-order valence-electron chi connectivity index (χ4n) is 3.87. The summed E-state index contributed by atoms with van der Waals surface area (Å²) in [6, 6.07) is 4.38. The van der Waals surface area contributed by atoms with Crippen LogP contribution in [0.2, 0.25) is 0 Å². The fourth-order valence-corrected chi connectivity index (χ4v) is 5.57. The number of nitrogens with one attached hydrogen (secondary N) is 1. The highest BCUT2D eigenvalue weighted by Gasteiger charge is 2.32. The molecule has 1 aliphatic heterocycles. The molecule has 0 bridgehead atoms. The lowest BCUT2D eigenvalue weighted by atomic mass is 9.94. The Bertz CT molecular complexity index is 1050. The Labute approximate surface area is 170 Å². The maximum atomic E-state index is 13.1. The Balaban J connectivity index is 1.90. The minimum atomic E-state index is -3.68. The smallest absolute Gasteiger partial charge is 0.408 e. The largest absolute Gasteiger partial charge is 0.420 e. The zero-order chi connectivity index (χ0) is 21.3. The molecule has 1 aliphatic rings. The van der Waals surface area contributed by atoms with E-state index in [1.165, 1.54) is 27.1 Å². The topological polar surface area (TPSA) is 102 Å². The number of hydrogen-bond donors (Lipinski definition) is 1. The Kier molecular flexibility index (Phi) is 6.19. The van der Waals surface area contributed by atoms with E-state index in [1.54, 1.807) is 0 Å². The van der Waals surface area contributed by atoms with Gasteiger partial charge in [0.2, 0.25) is 15.9 Å². The molecule has 3 unspecified atom stereocenters. The van der Waals surface area contributed by atoms with Gasteiger partial charge >= 0.3 is 5.76 Å². The van der Waals surface area contributed by atoms with Crippen LogP contribution in [0.4, 0.5) is 0 Å². The van der Waals surface area contributed by atoms with Crippen LogP contribution < -0.4 is 11.1 Å². The summed E-state index contributed by atoms with van der Waals surface area (Å²) < 4.78 is 34.1. The number of fused-ring (bicyclic) bond motifs is 1. The number of carbonyl (C=O) groups excluding carboxylic acids is 1. The molecule has 0 radical (unpaired) electrons. The number of benzene rings is 1. The zero-order valence-electron chi connectivity index (χ0n) is 17.3. The van der Waals surface area contributed by atoms with Crippen LogP contribution in [0.5, 0.6) is 0 Å². The maximum absolute atomic E-state index is 13.1. The van der Waals surface area contributed by atoms with Crippen molar-refractivity contribution in [3.8, 4) is 0 Å². The standard InChI is InChI=1S/C20H29N3O5S/c1-5-15(4)21-19(24)12-23-17-7-6-16(9-18(17)28-20(23)25)29(26,27)22-10-13(2)8-14(3)11-22/h6-7,9,13-15H,5,8,10-12H2,1-4H3,(H,21,24). The molecular formula is C20H29N3O5S. The van der Waals surface area contributed by atoms with Crippen LogP contribution in [-0.4, -0.2) is 42.3 Å². The molecule has 2 heterocycles. The molecule has 1 aromatic heterocycles. The second-order valence-corrected chi connectivity index (χ2v) is 10.2. The Morgan fingerprint density at radius 3 is 2.55 bits per heavy atom. The first-order valence-electron chi connectivity index (χ1n) is 10.0. The molecule has 9 heteroatoms. The minimum absolute atomic E-state index is 0.00226. The van der Waals surface area contributed by atoms with Crippen molar-refractivity contribution in [2.45, 2.75) is 58.0 Å². The van der Waals surface area contributed by atoms with Gasteiger partial charge in [0.25, 0.3) is 0 Å². The highest BCUT2D eigenvalue weighted by Crippen LogP contribution is 2.28. The summed E-state index contributed by atoms with van der Waals surface area (Å²) in [5.41, 5.74) is 0.555. The van der Waals surface area contributed by atoms with Gasteiger partial charge in [0.15, 0.2) is 5.58 Å². The fraction of sp³-hybridized carbons (Fsp3) is 0.600. The number of rotatable bonds is 6. The van der Waals surface area contributed by atoms with Crippen molar-refractivity contribution in [1.29, 1.82) is 0 Å². The highest BCUT2D eigenvalue weighted by atomic mass is 32.2. The highest BCUT2D eigenvalue weighted by molar-refractivity contribution is 7.89. The third-order valence-electron chi connectivity index (χ3n) is 5.43. The van der Waals surface area contributed by atoms with Crippen LogP contribution in [0.1, 0.15) is 40.5 Å². The summed E-state index contributed by atoms with van der Waals surface area (Å²) in [6.45, 7) is 8.71. The summed E-state index contributed by atoms with van der Waals surface area (Å²) in [7, 11) is -3.68. The first kappa shape index (κ1) is 21.6. The van der Waals surface area contributed by atoms with Crippen molar-refractivity contribution >= 4 is 27.0 Å². The molecule has 2 aromatic rings. The van der Waals surface area contributed by atoms with Crippen LogP contribution in [0.25, 0.3) is 11.1 Å². The van der Waals surface area contributed by atoms with Crippen molar-refractivity contribution in [2.75, 3.05) is 13.1 Å². The average molecular weight is 424 g/mol. The summed E-state index contributed by atoms with van der Waals surface area (Å²) in [5, 5.41) is 2.80. The number of amides is 1. The third kappa shape index (κ3) is 4.56. The van der Waals surface area contributed by atoms with Gasteiger partial charge in [-0.05, 0) is 43.7 Å². The van der Waals surface area contributed by atoms with Crippen molar-refractivity contribution in [2.24, 2.45) is 11.8 Å². The van der Waals surface area contributed by atoms with Crippen molar-refractivity contribution < 1.29 is 17.6 Å². The molecular weight excluding hydrogens is 394 g/mol. The summed E-state index contributed by atoms with van der Waals surface area (Å²) in [6.07, 6.45) is 1.78. The molecule has 0 saturated carbocycles. The van der Waals surface area contributed by atoms with E-state index in [4.69, 9.17) is 4.42 Å². The van der Waals surface area contributed by atoms with Crippen LogP contribution >= 0.6 is 0 Å². The molecule has 1 fully saturated rings. The summed E-state index contributed by atoms with van der Waals surface area (Å²) in [4.78, 5) is 24.5. The molecule has 0 aliphatic carbocycles. The number of nitrogens with zero attached hydrogens (tertiary/aromatic N) is 2. The van der Waals surface area contributed by atoms with Crippen molar-refractivity contribution in [1.82, 2.24) is 14.2 Å². The van der Waals surface area contributed by atoms with E-state index >= 15 is 0 Å². The van der Waals surface area contributed by atoms with Gasteiger partial charge in [-0.3, -0.25) is 9.36 Å². The minimum Gasteiger partial charge on any atom is -0.408 e. The molecule has 1 amide bonds. The molecule has 1 N–H and O–H groups in total. The number of sulfonamides is 1. The van der Waals surface area contributed by atoms with Gasteiger partial charge in [-0.1, -0.05) is 20.8 Å². The Morgan fingerprint density at radius 1 is 1.28 bits per heavy atom. The average Bonchev–Trinajstić information content (AvgIpc) is 2.95. The predicted octanol–water partition coefficient (Wildman–Crippen LogP) is 2.18. The van der Waals surface area contributed by atoms with Gasteiger partial charge in [-0.2, -0.15) is 4.31 Å². The Hall–Kier alpha value is -2.13. The summed E-state index contributed by atoms with van der Waals surface area (Å²) >= 11 is 0. The summed E-state index contributed by atoms with van der Waals surface area (Å²) in [5.74, 6) is -0.396. The molecule has 1 saturated heterocycles. The lowest BCUT2D eigenvalue weighted by molar-refractivity contribution is -0.122. The lowest BCUT2D eigenvalue weighted by Gasteiger charge is -2.34. The number of aromatic nitrogens is 1. The van der Waals surface area contributed by atoms with E-state index in [-0.39, 0.29) is 29.0 Å². The van der Waals surface area contributed by atoms with E-state index in [0.29, 0.717) is 30.4 Å². The van der Waals surface area contributed by atoms with Crippen LogP contribution in [-0.2, 0) is 21.4 Å². The maximum Gasteiger partial charge on any atom is 0.420 e. The van der Waals surface area contributed by atoms with Gasteiger partial charge < -0.3 is 9.73 Å². The number of piperidine rings is 1. The number of hydrogen-bond acceptors (Lipinski definition) is 5. The van der Waals surface area contributed by atoms with E-state index in [2.05, 4.69) is 5.32 Å². The van der Waals surface area contributed by atoms with Gasteiger partial charge in [-0.15, -0.1) is 0 Å². The second kappa shape index (κ2) is 8.31. The van der Waals surface area contributed by atoms with Crippen LogP contribution in [0.3, 0.4) is 0 Å². The number of oxazole rings is 1. The number of carbonyl (C=O) groups is 1. The lowest BCUT2D eigenvalue weighted by Crippen LogP contribution is -2.42. The molecule has 0 spiro atoms. The predicted molar refractivity (Wildman–Crippen MR) is 110 cm³/mol. The Morgan fingerprint density at radius 2 is 1.93 bits per heavy atom. The molecule has 3 rings (SSSR count). The van der Waals surface area contributed by atoms with Gasteiger partial charge in [0, 0.05) is 25.2 Å². The van der Waals surface area contributed by atoms with E-state index in [9.17, 15) is 18.0 Å². The second-order valence-electron chi connectivity index (χ2n) is 8.23. The first-order chi connectivity index (χ1) is 13.6. The monoisotopic (exact) mass is 423 g/mol. The molecule has 8 nitrogen and oxygen atoms in total. The van der Waals surface area contributed by atoms with Gasteiger partial charge in [0.05, 0.1) is 10.4 Å². The molecule has 29 heavy (non-hydrogen) atoms. The van der Waals surface area contributed by atoms with Crippen molar-refractivity contribution in [3.05, 3.63) is 28.7 Å². The first-order valence-corrected chi connectivity index (χ1v) is 11.5. The molecule has 1 aromatic carbocycles. The van der Waals surface area contributed by atoms with E-state index in [1.807, 2.05) is 27.7 Å². The van der Waals surface area contributed by atoms with E-state index in [0.717, 1.165) is 12.8 Å². The molecule has 3 atom stereocenters. The van der Waals surface area contributed by atoms with Crippen LogP contribution in [0.15, 0.2) is 32.3 Å². The van der Waals surface area contributed by atoms with Gasteiger partial charge in [0.1, 0.15) is 6.54 Å². The SMILES string of the molecule is CCC(C)NC(=O)Cn1c(=O)oc2cc(S(=O)(=O)N3CC(C)CC(C)C3)ccc21. The van der Waals surface area contributed by atoms with E-state index < -0.39 is 15.8 Å². The third-order valence-corrected chi connectivity index (χ3v) is 7.26. The normalized spacial score (nSPS) is 21.9. The molecule has 160 valence electrons. The van der Waals surface area contributed by atoms with Crippen molar-refractivity contribution in [3.63, 3.8) is 0 Å². The van der Waals surface area contributed by atoms with Gasteiger partial charge in [-0.25, -0.2) is 13.2 Å².